The number of nitrogens with zero attached hydrogens (tertiary/aromatic N) is 8. The Bertz CT molecular complexity index is 1730. The van der Waals surface area contributed by atoms with Crippen LogP contribution in [0.15, 0.2) is 12.1 Å². The van der Waals surface area contributed by atoms with Crippen LogP contribution in [0.25, 0.3) is 20.4 Å². The summed E-state index contributed by atoms with van der Waals surface area (Å²) in [5.74, 6) is 0.518. The highest BCUT2D eigenvalue weighted by atomic mass is 35.5. The van der Waals surface area contributed by atoms with E-state index in [9.17, 15) is 0 Å². The molecule has 4 fully saturated rings. The molecule has 53 heavy (non-hydrogen) atoms. The lowest BCUT2D eigenvalue weighted by atomic mass is 10.3. The minimum atomic E-state index is -0.176. The molecule has 0 spiro atoms. The Morgan fingerprint density at radius 1 is 0.717 bits per heavy atom. The zero-order chi connectivity index (χ0) is 37.2. The molecule has 0 unspecified atom stereocenters. The van der Waals surface area contributed by atoms with Gasteiger partial charge in [-0.25, -0.2) is 15.0 Å². The zero-order valence-electron chi connectivity index (χ0n) is 30.1. The van der Waals surface area contributed by atoms with Gasteiger partial charge in [-0.15, -0.1) is 0 Å². The van der Waals surface area contributed by atoms with Crippen molar-refractivity contribution in [3.05, 3.63) is 27.6 Å². The van der Waals surface area contributed by atoms with Gasteiger partial charge in [0.1, 0.15) is 27.4 Å². The largest absolute Gasteiger partial charge is 0.470 e. The normalized spacial score (nSPS) is 21.2. The molecule has 1 N–H and O–H groups in total. The standard InChI is InChI=1S/C17H23ClN4O3S.C13H16Cl2N4OS.C4H8O2/c1-23-9-7-21-3-5-22(6-4-21)17-20-15-13(26-17)10-14(18)19-16(15)25-12-2-8-24-11-12;1-20-7-6-18-2-4-19(5-3-18)13-17-11-9(21-13)8-10(14)16-12(11)15;5-4-1-2-6-3-4/h10,12H,2-9,11H2,1H3;8H,2-7H2,1H3;4-5H,1-3H2/t12-;;4-/m0.0/s1. The maximum absolute atomic E-state index is 8.60. The number of methoxy groups -OCH3 is 2. The highest BCUT2D eigenvalue weighted by Crippen LogP contribution is 2.36. The predicted octanol–water partition coefficient (Wildman–Crippen LogP) is 4.81. The van der Waals surface area contributed by atoms with Crippen LogP contribution in [-0.2, 0) is 18.9 Å². The maximum Gasteiger partial charge on any atom is 0.243 e. The zero-order valence-corrected chi connectivity index (χ0v) is 34.0. The number of anilines is 2. The molecular formula is C34H47Cl3N8O6S2. The molecule has 0 aliphatic carbocycles. The van der Waals surface area contributed by atoms with Crippen LogP contribution in [0.1, 0.15) is 12.8 Å². The van der Waals surface area contributed by atoms with Crippen LogP contribution < -0.4 is 14.5 Å². The quantitative estimate of drug-likeness (QED) is 0.219. The van der Waals surface area contributed by atoms with Gasteiger partial charge in [-0.2, -0.15) is 4.98 Å². The summed E-state index contributed by atoms with van der Waals surface area (Å²) in [6, 6.07) is 3.68. The Balaban J connectivity index is 0.000000159. The summed E-state index contributed by atoms with van der Waals surface area (Å²) >= 11 is 21.5. The highest BCUT2D eigenvalue weighted by Gasteiger charge is 2.25. The van der Waals surface area contributed by atoms with Crippen molar-refractivity contribution in [2.75, 3.05) is 129 Å². The van der Waals surface area contributed by atoms with E-state index in [1.54, 1.807) is 36.9 Å². The van der Waals surface area contributed by atoms with Crippen LogP contribution in [0.4, 0.5) is 10.3 Å². The van der Waals surface area contributed by atoms with Crippen molar-refractivity contribution >= 4 is 88.2 Å². The third kappa shape index (κ3) is 11.6. The molecule has 4 aromatic heterocycles. The Morgan fingerprint density at radius 2 is 1.25 bits per heavy atom. The molecule has 0 amide bonds. The number of piperazine rings is 2. The van der Waals surface area contributed by atoms with Crippen molar-refractivity contribution in [2.45, 2.75) is 25.0 Å². The lowest BCUT2D eigenvalue weighted by Gasteiger charge is -2.34. The fraction of sp³-hybridized carbons (Fsp3) is 0.647. The smallest absolute Gasteiger partial charge is 0.243 e. The summed E-state index contributed by atoms with van der Waals surface area (Å²) in [6.07, 6.45) is 1.54. The van der Waals surface area contributed by atoms with Gasteiger partial charge in [0.15, 0.2) is 15.4 Å². The first kappa shape index (κ1) is 40.7. The van der Waals surface area contributed by atoms with Gasteiger partial charge in [0.25, 0.3) is 0 Å². The van der Waals surface area contributed by atoms with Gasteiger partial charge in [0.05, 0.1) is 48.5 Å². The van der Waals surface area contributed by atoms with E-state index in [1.807, 2.05) is 12.1 Å². The first-order valence-electron chi connectivity index (χ1n) is 17.8. The van der Waals surface area contributed by atoms with Gasteiger partial charge in [-0.1, -0.05) is 57.5 Å². The molecule has 0 aromatic carbocycles. The van der Waals surface area contributed by atoms with Crippen molar-refractivity contribution in [1.82, 2.24) is 29.7 Å². The van der Waals surface area contributed by atoms with E-state index in [1.165, 1.54) is 0 Å². The molecule has 8 rings (SSSR count). The van der Waals surface area contributed by atoms with Gasteiger partial charge < -0.3 is 38.6 Å². The van der Waals surface area contributed by atoms with Crippen LogP contribution in [0.5, 0.6) is 5.88 Å². The van der Waals surface area contributed by atoms with Crippen molar-refractivity contribution < 1.29 is 28.8 Å². The number of halogens is 3. The monoisotopic (exact) mass is 832 g/mol. The SMILES string of the molecule is COCCN1CCN(c2nc3c(Cl)nc(Cl)cc3s2)CC1.COCCN1CCN(c2nc3c(O[C@H]4CCOC4)nc(Cl)cc3s2)CC1.O[C@H]1CCOC1. The highest BCUT2D eigenvalue weighted by molar-refractivity contribution is 7.22. The molecule has 0 saturated carbocycles. The second-order valence-electron chi connectivity index (χ2n) is 12.9. The summed E-state index contributed by atoms with van der Waals surface area (Å²) < 4.78 is 28.5. The summed E-state index contributed by atoms with van der Waals surface area (Å²) in [6.45, 7) is 14.0. The number of fused-ring (bicyclic) bond motifs is 2. The molecule has 0 bridgehead atoms. The number of thiazole rings is 2. The minimum absolute atomic E-state index is 0.0265. The Hall–Kier alpha value is -1.93. The van der Waals surface area contributed by atoms with E-state index in [0.29, 0.717) is 34.6 Å². The van der Waals surface area contributed by atoms with Crippen molar-refractivity contribution in [3.8, 4) is 5.88 Å². The summed E-state index contributed by atoms with van der Waals surface area (Å²) in [4.78, 5) is 27.3. The van der Waals surface area contributed by atoms with E-state index in [0.717, 1.165) is 135 Å². The average Bonchev–Trinajstić information content (AvgIpc) is 3.99. The van der Waals surface area contributed by atoms with Crippen LogP contribution >= 0.6 is 57.5 Å². The minimum Gasteiger partial charge on any atom is -0.470 e. The van der Waals surface area contributed by atoms with Gasteiger partial charge in [0.2, 0.25) is 5.88 Å². The first-order chi connectivity index (χ1) is 25.8. The molecule has 19 heteroatoms. The summed E-state index contributed by atoms with van der Waals surface area (Å²) in [5, 5.41) is 11.8. The number of aliphatic hydroxyl groups excluding tert-OH is 1. The van der Waals surface area contributed by atoms with Crippen molar-refractivity contribution in [3.63, 3.8) is 0 Å². The lowest BCUT2D eigenvalue weighted by molar-refractivity contribution is 0.127. The Kier molecular flexibility index (Phi) is 15.6. The third-order valence-electron chi connectivity index (χ3n) is 9.18. The number of ether oxygens (including phenoxy) is 5. The van der Waals surface area contributed by atoms with E-state index in [4.69, 9.17) is 68.6 Å². The molecule has 4 aliphatic rings. The van der Waals surface area contributed by atoms with Gasteiger partial charge >= 0.3 is 0 Å². The Morgan fingerprint density at radius 3 is 1.74 bits per heavy atom. The lowest BCUT2D eigenvalue weighted by Crippen LogP contribution is -2.47. The molecule has 0 radical (unpaired) electrons. The van der Waals surface area contributed by atoms with Gasteiger partial charge in [0, 0.05) is 92.7 Å². The molecule has 4 aromatic rings. The van der Waals surface area contributed by atoms with Crippen LogP contribution in [0, 0.1) is 0 Å². The van der Waals surface area contributed by atoms with Crippen LogP contribution in [0.2, 0.25) is 15.5 Å². The van der Waals surface area contributed by atoms with Gasteiger partial charge in [-0.3, -0.25) is 9.80 Å². The molecule has 292 valence electrons. The number of pyridine rings is 2. The third-order valence-corrected chi connectivity index (χ3v) is 12.0. The molecule has 4 saturated heterocycles. The molecule has 8 heterocycles. The van der Waals surface area contributed by atoms with Crippen LogP contribution in [-0.4, -0.2) is 166 Å². The second kappa shape index (κ2) is 20.3. The van der Waals surface area contributed by atoms with Crippen molar-refractivity contribution in [1.29, 1.82) is 0 Å². The van der Waals surface area contributed by atoms with E-state index in [2.05, 4.69) is 34.6 Å². The first-order valence-corrected chi connectivity index (χ1v) is 20.6. The second-order valence-corrected chi connectivity index (χ2v) is 16.1. The molecule has 14 nitrogen and oxygen atoms in total. The number of hydrogen-bond acceptors (Lipinski definition) is 16. The number of aliphatic hydroxyl groups is 1. The topological polar surface area (TPSA) is 131 Å². The fourth-order valence-electron chi connectivity index (χ4n) is 6.12. The number of aromatic nitrogens is 4. The maximum atomic E-state index is 8.60. The number of rotatable bonds is 10. The number of hydrogen-bond donors (Lipinski definition) is 1. The van der Waals surface area contributed by atoms with E-state index < -0.39 is 0 Å². The van der Waals surface area contributed by atoms with E-state index in [-0.39, 0.29) is 12.2 Å². The molecule has 4 aliphatic heterocycles. The fourth-order valence-corrected chi connectivity index (χ4v) is 9.06. The van der Waals surface area contributed by atoms with E-state index >= 15 is 0 Å². The summed E-state index contributed by atoms with van der Waals surface area (Å²) in [7, 11) is 3.48. The molecule has 2 atom stereocenters. The molecular weight excluding hydrogens is 787 g/mol. The predicted molar refractivity (Wildman–Crippen MR) is 212 cm³/mol. The van der Waals surface area contributed by atoms with Crippen molar-refractivity contribution in [2.24, 2.45) is 0 Å². The van der Waals surface area contributed by atoms with Crippen LogP contribution in [0.3, 0.4) is 0 Å². The summed E-state index contributed by atoms with van der Waals surface area (Å²) in [5.41, 5.74) is 1.53. The Labute approximate surface area is 332 Å². The van der Waals surface area contributed by atoms with Gasteiger partial charge in [-0.05, 0) is 18.6 Å². The average molecular weight is 834 g/mol.